The molecule has 0 unspecified atom stereocenters. The summed E-state index contributed by atoms with van der Waals surface area (Å²) in [6, 6.07) is 18.6. The van der Waals surface area contributed by atoms with Crippen molar-refractivity contribution in [1.82, 2.24) is 14.5 Å². The summed E-state index contributed by atoms with van der Waals surface area (Å²) in [5.41, 5.74) is 3.37. The number of aromatic nitrogens is 2. The average Bonchev–Trinajstić information content (AvgIpc) is 2.86. The molecule has 1 saturated heterocycles. The number of aryl methyl sites for hydroxylation is 1. The Bertz CT molecular complexity index is 892. The van der Waals surface area contributed by atoms with Crippen LogP contribution in [-0.4, -0.2) is 33.4 Å². The average molecular weight is 361 g/mol. The van der Waals surface area contributed by atoms with Gasteiger partial charge in [-0.15, -0.1) is 0 Å². The van der Waals surface area contributed by atoms with Crippen molar-refractivity contribution in [3.8, 4) is 0 Å². The van der Waals surface area contributed by atoms with Gasteiger partial charge >= 0.3 is 0 Å². The summed E-state index contributed by atoms with van der Waals surface area (Å²) in [5.74, 6) is 1.31. The molecule has 4 rings (SSSR count). The van der Waals surface area contributed by atoms with Crippen molar-refractivity contribution in [1.29, 1.82) is 0 Å². The first-order chi connectivity index (χ1) is 13.3. The third-order valence-electron chi connectivity index (χ3n) is 5.45. The Kier molecular flexibility index (Phi) is 5.52. The second-order valence-electron chi connectivity index (χ2n) is 7.38. The van der Waals surface area contributed by atoms with Crippen LogP contribution < -0.4 is 0 Å². The normalized spacial score (nSPS) is 15.0. The van der Waals surface area contributed by atoms with E-state index in [1.165, 1.54) is 18.4 Å². The Morgan fingerprint density at radius 2 is 1.59 bits per heavy atom. The molecule has 2 aromatic carbocycles. The van der Waals surface area contributed by atoms with Crippen LogP contribution in [0.3, 0.4) is 0 Å². The van der Waals surface area contributed by atoms with Crippen LogP contribution in [0.15, 0.2) is 54.6 Å². The van der Waals surface area contributed by atoms with Gasteiger partial charge in [-0.3, -0.25) is 4.79 Å². The van der Waals surface area contributed by atoms with Crippen molar-refractivity contribution < 1.29 is 4.79 Å². The van der Waals surface area contributed by atoms with Gasteiger partial charge in [0, 0.05) is 32.5 Å². The molecule has 0 spiro atoms. The summed E-state index contributed by atoms with van der Waals surface area (Å²) >= 11 is 0. The summed E-state index contributed by atoms with van der Waals surface area (Å²) in [4.78, 5) is 19.7. The predicted molar refractivity (Wildman–Crippen MR) is 109 cm³/mol. The van der Waals surface area contributed by atoms with Gasteiger partial charge < -0.3 is 9.47 Å². The fourth-order valence-electron chi connectivity index (χ4n) is 3.97. The van der Waals surface area contributed by atoms with Crippen molar-refractivity contribution in [3.63, 3.8) is 0 Å². The second-order valence-corrected chi connectivity index (χ2v) is 7.38. The first-order valence-electron chi connectivity index (χ1n) is 10.1. The maximum Gasteiger partial charge on any atom is 0.224 e. The van der Waals surface area contributed by atoms with E-state index in [1.807, 2.05) is 18.2 Å². The van der Waals surface area contributed by atoms with E-state index in [0.717, 1.165) is 49.2 Å². The van der Waals surface area contributed by atoms with Crippen molar-refractivity contribution in [2.75, 3.05) is 13.1 Å². The van der Waals surface area contributed by atoms with Gasteiger partial charge in [0.1, 0.15) is 5.82 Å². The Balaban J connectivity index is 1.54. The highest BCUT2D eigenvalue weighted by Crippen LogP contribution is 2.20. The molecule has 0 radical (unpaired) electrons. The lowest BCUT2D eigenvalue weighted by Gasteiger charge is -2.20. The van der Waals surface area contributed by atoms with Crippen LogP contribution in [0.2, 0.25) is 0 Å². The molecule has 1 aliphatic heterocycles. The molecule has 0 atom stereocenters. The fourth-order valence-corrected chi connectivity index (χ4v) is 3.97. The van der Waals surface area contributed by atoms with Crippen molar-refractivity contribution in [2.24, 2.45) is 0 Å². The van der Waals surface area contributed by atoms with Crippen LogP contribution in [0.4, 0.5) is 0 Å². The first-order valence-corrected chi connectivity index (χ1v) is 10.1. The first kappa shape index (κ1) is 17.8. The minimum absolute atomic E-state index is 0.278. The van der Waals surface area contributed by atoms with Gasteiger partial charge in [-0.25, -0.2) is 4.98 Å². The maximum absolute atomic E-state index is 12.7. The van der Waals surface area contributed by atoms with Gasteiger partial charge in [0.15, 0.2) is 0 Å². The molecular weight excluding hydrogens is 334 g/mol. The molecule has 1 fully saturated rings. The Labute approximate surface area is 160 Å². The summed E-state index contributed by atoms with van der Waals surface area (Å²) in [7, 11) is 0. The third kappa shape index (κ3) is 4.21. The highest BCUT2D eigenvalue weighted by molar-refractivity contribution is 5.78. The zero-order valence-corrected chi connectivity index (χ0v) is 15.8. The lowest BCUT2D eigenvalue weighted by molar-refractivity contribution is -0.131. The Morgan fingerprint density at radius 1 is 0.889 bits per heavy atom. The molecule has 0 saturated carbocycles. The standard InChI is InChI=1S/C23H27N3O/c27-23(25-15-8-1-2-9-16-25)14-17-26-21-13-7-6-12-20(21)24-22(26)18-19-10-4-3-5-11-19/h3-7,10-13H,1-2,8-9,14-18H2. The molecule has 0 N–H and O–H groups in total. The van der Waals surface area contributed by atoms with E-state index in [1.54, 1.807) is 0 Å². The molecule has 3 aromatic rings. The number of benzene rings is 2. The largest absolute Gasteiger partial charge is 0.343 e. The maximum atomic E-state index is 12.7. The third-order valence-corrected chi connectivity index (χ3v) is 5.45. The van der Waals surface area contributed by atoms with Crippen molar-refractivity contribution >= 4 is 16.9 Å². The molecule has 4 heteroatoms. The van der Waals surface area contributed by atoms with Crippen LogP contribution in [0.25, 0.3) is 11.0 Å². The lowest BCUT2D eigenvalue weighted by Crippen LogP contribution is -2.32. The van der Waals surface area contributed by atoms with Crippen LogP contribution in [0.1, 0.15) is 43.5 Å². The molecule has 1 aromatic heterocycles. The van der Waals surface area contributed by atoms with Crippen LogP contribution >= 0.6 is 0 Å². The molecule has 0 bridgehead atoms. The van der Waals surface area contributed by atoms with E-state index in [-0.39, 0.29) is 5.91 Å². The highest BCUT2D eigenvalue weighted by Gasteiger charge is 2.17. The number of hydrogen-bond acceptors (Lipinski definition) is 2. The quantitative estimate of drug-likeness (QED) is 0.675. The number of amides is 1. The molecule has 0 aliphatic carbocycles. The van der Waals surface area contributed by atoms with Gasteiger partial charge in [0.25, 0.3) is 0 Å². The van der Waals surface area contributed by atoms with E-state index in [9.17, 15) is 4.79 Å². The van der Waals surface area contributed by atoms with Gasteiger partial charge in [0.2, 0.25) is 5.91 Å². The van der Waals surface area contributed by atoms with E-state index in [2.05, 4.69) is 45.9 Å². The molecule has 1 aliphatic rings. The number of fused-ring (bicyclic) bond motifs is 1. The summed E-state index contributed by atoms with van der Waals surface area (Å²) in [6.07, 6.45) is 6.10. The molecule has 140 valence electrons. The van der Waals surface area contributed by atoms with Gasteiger partial charge in [0.05, 0.1) is 11.0 Å². The number of likely N-dealkylation sites (tertiary alicyclic amines) is 1. The van der Waals surface area contributed by atoms with Crippen LogP contribution in [0.5, 0.6) is 0 Å². The number of hydrogen-bond donors (Lipinski definition) is 0. The van der Waals surface area contributed by atoms with E-state index >= 15 is 0 Å². The number of carbonyl (C=O) groups excluding carboxylic acids is 1. The number of carbonyl (C=O) groups is 1. The van der Waals surface area contributed by atoms with Gasteiger partial charge in [-0.1, -0.05) is 55.3 Å². The van der Waals surface area contributed by atoms with Gasteiger partial charge in [-0.05, 0) is 30.5 Å². The minimum atomic E-state index is 0.278. The Morgan fingerprint density at radius 3 is 2.37 bits per heavy atom. The predicted octanol–water partition coefficient (Wildman–Crippen LogP) is 4.42. The topological polar surface area (TPSA) is 38.1 Å². The van der Waals surface area contributed by atoms with E-state index in [4.69, 9.17) is 4.98 Å². The fraction of sp³-hybridized carbons (Fsp3) is 0.391. The molecule has 27 heavy (non-hydrogen) atoms. The number of rotatable bonds is 5. The van der Waals surface area contributed by atoms with Crippen LogP contribution in [-0.2, 0) is 17.8 Å². The minimum Gasteiger partial charge on any atom is -0.343 e. The SMILES string of the molecule is O=C(CCn1c(Cc2ccccc2)nc2ccccc21)N1CCCCCC1. The second kappa shape index (κ2) is 8.38. The van der Waals surface area contributed by atoms with Crippen molar-refractivity contribution in [3.05, 3.63) is 66.0 Å². The highest BCUT2D eigenvalue weighted by atomic mass is 16.2. The zero-order chi connectivity index (χ0) is 18.5. The van der Waals surface area contributed by atoms with Crippen LogP contribution in [0, 0.1) is 0 Å². The monoisotopic (exact) mass is 361 g/mol. The van der Waals surface area contributed by atoms with Gasteiger partial charge in [-0.2, -0.15) is 0 Å². The summed E-state index contributed by atoms with van der Waals surface area (Å²) in [6.45, 7) is 2.53. The summed E-state index contributed by atoms with van der Waals surface area (Å²) in [5, 5.41) is 0. The molecule has 4 nitrogen and oxygen atoms in total. The molecule has 1 amide bonds. The smallest absolute Gasteiger partial charge is 0.224 e. The van der Waals surface area contributed by atoms with Crippen molar-refractivity contribution in [2.45, 2.75) is 45.1 Å². The summed E-state index contributed by atoms with van der Waals surface area (Å²) < 4.78 is 2.23. The number of para-hydroxylation sites is 2. The molecule has 2 heterocycles. The van der Waals surface area contributed by atoms with E-state index < -0.39 is 0 Å². The number of imidazole rings is 1. The zero-order valence-electron chi connectivity index (χ0n) is 15.8. The molecular formula is C23H27N3O. The lowest BCUT2D eigenvalue weighted by atomic mass is 10.1. The Hall–Kier alpha value is -2.62. The number of nitrogens with zero attached hydrogens (tertiary/aromatic N) is 3. The van der Waals surface area contributed by atoms with E-state index in [0.29, 0.717) is 13.0 Å².